The molecule has 140 valence electrons. The van der Waals surface area contributed by atoms with Crippen molar-refractivity contribution in [2.24, 2.45) is 0 Å². The van der Waals surface area contributed by atoms with Gasteiger partial charge in [-0.2, -0.15) is 0 Å². The van der Waals surface area contributed by atoms with E-state index in [0.717, 1.165) is 38.6 Å². The number of hydrogen-bond donors (Lipinski definition) is 0. The molecule has 0 unspecified atom stereocenters. The minimum Gasteiger partial charge on any atom is -0.488 e. The Morgan fingerprint density at radius 3 is 2.52 bits per heavy atom. The Morgan fingerprint density at radius 1 is 1.11 bits per heavy atom. The number of imide groups is 1. The molecule has 2 aromatic carbocycles. The van der Waals surface area contributed by atoms with Gasteiger partial charge in [0.05, 0.1) is 8.48 Å². The summed E-state index contributed by atoms with van der Waals surface area (Å²) >= 11 is 5.50. The maximum Gasteiger partial charge on any atom is 0.293 e. The van der Waals surface area contributed by atoms with Crippen LogP contribution in [0.25, 0.3) is 6.08 Å². The molecule has 0 N–H and O–H groups in total. The lowest BCUT2D eigenvalue weighted by Gasteiger charge is -2.10. The van der Waals surface area contributed by atoms with Crippen LogP contribution in [0.1, 0.15) is 24.5 Å². The summed E-state index contributed by atoms with van der Waals surface area (Å²) in [6.45, 7) is 2.91. The van der Waals surface area contributed by atoms with Crippen LogP contribution in [-0.2, 0) is 11.4 Å². The van der Waals surface area contributed by atoms with E-state index in [2.05, 4.69) is 69.4 Å². The summed E-state index contributed by atoms with van der Waals surface area (Å²) in [5.41, 5.74) is 1.99. The van der Waals surface area contributed by atoms with Gasteiger partial charge in [-0.25, -0.2) is 0 Å². The molecule has 2 aromatic rings. The van der Waals surface area contributed by atoms with Gasteiger partial charge in [-0.05, 0) is 105 Å². The van der Waals surface area contributed by atoms with Gasteiger partial charge in [0.25, 0.3) is 11.1 Å². The molecule has 0 saturated carbocycles. The summed E-state index contributed by atoms with van der Waals surface area (Å²) in [6.07, 6.45) is 2.53. The maximum absolute atomic E-state index is 12.3. The Labute approximate surface area is 190 Å². The number of thioether (sulfide) groups is 1. The third-order valence-corrected chi connectivity index (χ3v) is 6.35. The van der Waals surface area contributed by atoms with Crippen molar-refractivity contribution >= 4 is 74.2 Å². The van der Waals surface area contributed by atoms with Gasteiger partial charge in [-0.15, -0.1) is 0 Å². The summed E-state index contributed by atoms with van der Waals surface area (Å²) in [4.78, 5) is 26.1. The van der Waals surface area contributed by atoms with Gasteiger partial charge in [-0.3, -0.25) is 14.5 Å². The summed E-state index contributed by atoms with van der Waals surface area (Å²) in [5, 5.41) is -0.194. The monoisotopic (exact) mass is 605 g/mol. The van der Waals surface area contributed by atoms with Crippen LogP contribution in [0.15, 0.2) is 47.4 Å². The Balaban J connectivity index is 1.70. The number of rotatable bonds is 6. The maximum atomic E-state index is 12.3. The Kier molecular flexibility index (Phi) is 7.21. The van der Waals surface area contributed by atoms with Crippen LogP contribution >= 0.6 is 56.9 Å². The van der Waals surface area contributed by atoms with Crippen molar-refractivity contribution in [2.45, 2.75) is 20.0 Å². The van der Waals surface area contributed by atoms with Gasteiger partial charge in [0.15, 0.2) is 0 Å². The number of benzene rings is 2. The van der Waals surface area contributed by atoms with Crippen molar-refractivity contribution in [2.75, 3.05) is 6.54 Å². The highest BCUT2D eigenvalue weighted by atomic mass is 127. The lowest BCUT2D eigenvalue weighted by molar-refractivity contribution is -0.122. The SMILES string of the molecule is CCCN1C(=O)S/C(=C/c2ccc(OCc3ccc(I)cc3)c(I)c2)C1=O. The van der Waals surface area contributed by atoms with Crippen molar-refractivity contribution in [3.63, 3.8) is 0 Å². The highest BCUT2D eigenvalue weighted by molar-refractivity contribution is 14.1. The molecule has 1 saturated heterocycles. The van der Waals surface area contributed by atoms with Gasteiger partial charge in [0, 0.05) is 10.1 Å². The molecule has 0 bridgehead atoms. The van der Waals surface area contributed by atoms with Crippen LogP contribution in [0.3, 0.4) is 0 Å². The molecule has 7 heteroatoms. The van der Waals surface area contributed by atoms with Crippen molar-refractivity contribution in [1.82, 2.24) is 4.90 Å². The predicted octanol–water partition coefficient (Wildman–Crippen LogP) is 5.92. The van der Waals surface area contributed by atoms with Crippen molar-refractivity contribution < 1.29 is 14.3 Å². The lowest BCUT2D eigenvalue weighted by Crippen LogP contribution is -2.28. The largest absolute Gasteiger partial charge is 0.488 e. The zero-order valence-corrected chi connectivity index (χ0v) is 19.7. The van der Waals surface area contributed by atoms with E-state index in [1.807, 2.05) is 25.1 Å². The second kappa shape index (κ2) is 9.42. The quantitative estimate of drug-likeness (QED) is 0.303. The van der Waals surface area contributed by atoms with E-state index in [0.29, 0.717) is 18.1 Å². The minimum absolute atomic E-state index is 0.194. The topological polar surface area (TPSA) is 46.6 Å². The summed E-state index contributed by atoms with van der Waals surface area (Å²) < 4.78 is 8.06. The predicted molar refractivity (Wildman–Crippen MR) is 126 cm³/mol. The highest BCUT2D eigenvalue weighted by Gasteiger charge is 2.34. The van der Waals surface area contributed by atoms with Gasteiger partial charge >= 0.3 is 0 Å². The first kappa shape index (κ1) is 20.7. The molecule has 0 spiro atoms. The zero-order chi connectivity index (χ0) is 19.4. The average Bonchev–Trinajstić information content (AvgIpc) is 2.90. The molecule has 3 rings (SSSR count). The third kappa shape index (κ3) is 5.26. The van der Waals surface area contributed by atoms with E-state index >= 15 is 0 Å². The molecule has 0 radical (unpaired) electrons. The number of hydrogen-bond acceptors (Lipinski definition) is 4. The average molecular weight is 605 g/mol. The van der Waals surface area contributed by atoms with Gasteiger partial charge < -0.3 is 4.74 Å². The fraction of sp³-hybridized carbons (Fsp3) is 0.200. The van der Waals surface area contributed by atoms with E-state index in [-0.39, 0.29) is 11.1 Å². The molecule has 0 atom stereocenters. The molecule has 1 aliphatic rings. The van der Waals surface area contributed by atoms with Crippen molar-refractivity contribution in [3.05, 3.63) is 65.6 Å². The summed E-state index contributed by atoms with van der Waals surface area (Å²) in [6, 6.07) is 14.0. The number of carbonyl (C=O) groups excluding carboxylic acids is 2. The summed E-state index contributed by atoms with van der Waals surface area (Å²) in [7, 11) is 0. The van der Waals surface area contributed by atoms with Gasteiger partial charge in [0.2, 0.25) is 0 Å². The number of nitrogens with zero attached hydrogens (tertiary/aromatic N) is 1. The number of halogens is 2. The van der Waals surface area contributed by atoms with Gasteiger partial charge in [-0.1, -0.05) is 25.1 Å². The summed E-state index contributed by atoms with van der Waals surface area (Å²) in [5.74, 6) is 0.589. The van der Waals surface area contributed by atoms with E-state index in [9.17, 15) is 9.59 Å². The van der Waals surface area contributed by atoms with Crippen LogP contribution < -0.4 is 4.74 Å². The first-order valence-electron chi connectivity index (χ1n) is 8.40. The normalized spacial score (nSPS) is 15.7. The van der Waals surface area contributed by atoms with Gasteiger partial charge in [0.1, 0.15) is 12.4 Å². The van der Waals surface area contributed by atoms with Crippen molar-refractivity contribution in [1.29, 1.82) is 0 Å². The second-order valence-corrected chi connectivity index (χ2v) is 9.34. The van der Waals surface area contributed by atoms with Crippen LogP contribution in [0.5, 0.6) is 5.75 Å². The van der Waals surface area contributed by atoms with Crippen molar-refractivity contribution in [3.8, 4) is 5.75 Å². The molecule has 1 heterocycles. The minimum atomic E-state index is -0.208. The third-order valence-electron chi connectivity index (χ3n) is 3.88. The fourth-order valence-electron chi connectivity index (χ4n) is 2.53. The van der Waals surface area contributed by atoms with Crippen LogP contribution in [0.4, 0.5) is 4.79 Å². The molecular formula is C20H17I2NO3S. The van der Waals surface area contributed by atoms with E-state index in [4.69, 9.17) is 4.74 Å². The highest BCUT2D eigenvalue weighted by Crippen LogP contribution is 2.33. The Bertz CT molecular complexity index is 897. The van der Waals surface area contributed by atoms with Crippen LogP contribution in [-0.4, -0.2) is 22.6 Å². The van der Waals surface area contributed by atoms with E-state index < -0.39 is 0 Å². The molecule has 1 aliphatic heterocycles. The molecule has 0 aliphatic carbocycles. The number of amides is 2. The number of carbonyl (C=O) groups is 2. The first-order chi connectivity index (χ1) is 13.0. The molecule has 0 aromatic heterocycles. The van der Waals surface area contributed by atoms with Crippen LogP contribution in [0, 0.1) is 7.14 Å². The molecule has 2 amide bonds. The Hall–Kier alpha value is -1.07. The molecular weight excluding hydrogens is 588 g/mol. The molecule has 4 nitrogen and oxygen atoms in total. The standard InChI is InChI=1S/C20H17I2NO3S/c1-2-9-23-19(24)18(27-20(23)25)11-14-5-8-17(16(22)10-14)26-12-13-3-6-15(21)7-4-13/h3-8,10-11H,2,9,12H2,1H3/b18-11+. The Morgan fingerprint density at radius 2 is 1.85 bits per heavy atom. The van der Waals surface area contributed by atoms with Crippen LogP contribution in [0.2, 0.25) is 0 Å². The smallest absolute Gasteiger partial charge is 0.293 e. The second-order valence-electron chi connectivity index (χ2n) is 5.94. The number of ether oxygens (including phenoxy) is 1. The lowest BCUT2D eigenvalue weighted by atomic mass is 10.2. The molecule has 1 fully saturated rings. The van der Waals surface area contributed by atoms with E-state index in [1.165, 1.54) is 8.47 Å². The zero-order valence-electron chi connectivity index (χ0n) is 14.6. The van der Waals surface area contributed by atoms with E-state index in [1.54, 1.807) is 6.08 Å². The first-order valence-corrected chi connectivity index (χ1v) is 11.4. The fourth-order valence-corrected chi connectivity index (χ4v) is 4.45. The molecule has 27 heavy (non-hydrogen) atoms.